The van der Waals surface area contributed by atoms with Crippen LogP contribution in [0.3, 0.4) is 0 Å². The molecule has 0 saturated carbocycles. The summed E-state index contributed by atoms with van der Waals surface area (Å²) in [5, 5.41) is 3.56. The number of carbonyl (C=O) groups excluding carboxylic acids is 3. The molecule has 2 aliphatic rings. The largest absolute Gasteiger partial charge is 0.454 e. The second kappa shape index (κ2) is 15.9. The summed E-state index contributed by atoms with van der Waals surface area (Å²) >= 11 is 0. The van der Waals surface area contributed by atoms with Crippen LogP contribution in [0.25, 0.3) is 0 Å². The first-order chi connectivity index (χ1) is 25.1. The van der Waals surface area contributed by atoms with Gasteiger partial charge in [0.1, 0.15) is 30.8 Å². The molecule has 2 aliphatic heterocycles. The van der Waals surface area contributed by atoms with Gasteiger partial charge in [0.05, 0.1) is 6.04 Å². The van der Waals surface area contributed by atoms with E-state index in [4.69, 9.17) is 14.2 Å². The number of nitrogens with one attached hydrogen (secondary N) is 1. The van der Waals surface area contributed by atoms with Gasteiger partial charge in [0.25, 0.3) is 0 Å². The van der Waals surface area contributed by atoms with Crippen LogP contribution in [0.5, 0.6) is 0 Å². The van der Waals surface area contributed by atoms with Crippen LogP contribution < -0.4 is 5.32 Å². The standard InChI is InChI=1S/C43H40N2O6/c46-41-35(44-37(31-19-8-2-9-20-31)39(50-41)33-23-12-4-13-24-33)27-16-28-36-42(47)51-40(34-25-14-5-15-26-34)38(32-21-10-3-11-22-32)45(36)43(48)49-29-30-17-6-1-7-18-30/h1-15,17-26,35-40,44H,16,27-29H2/t35-,36+,37-,38+,39+,40-/m0/s1. The maximum Gasteiger partial charge on any atom is 0.411 e. The van der Waals surface area contributed by atoms with Crippen molar-refractivity contribution in [3.8, 4) is 0 Å². The van der Waals surface area contributed by atoms with Gasteiger partial charge in [-0.15, -0.1) is 0 Å². The van der Waals surface area contributed by atoms with Gasteiger partial charge in [-0.1, -0.05) is 152 Å². The second-order valence-corrected chi connectivity index (χ2v) is 12.9. The van der Waals surface area contributed by atoms with Crippen molar-refractivity contribution in [2.75, 3.05) is 0 Å². The Morgan fingerprint density at radius 3 is 1.67 bits per heavy atom. The number of carbonyl (C=O) groups is 3. The van der Waals surface area contributed by atoms with Crippen molar-refractivity contribution in [3.63, 3.8) is 0 Å². The minimum Gasteiger partial charge on any atom is -0.454 e. The molecule has 0 radical (unpaired) electrons. The minimum absolute atomic E-state index is 0.0523. The first-order valence-corrected chi connectivity index (χ1v) is 17.4. The molecule has 0 aromatic heterocycles. The van der Waals surface area contributed by atoms with Gasteiger partial charge in [-0.25, -0.2) is 9.59 Å². The average Bonchev–Trinajstić information content (AvgIpc) is 3.19. The third-order valence-corrected chi connectivity index (χ3v) is 9.59. The first-order valence-electron chi connectivity index (χ1n) is 17.4. The van der Waals surface area contributed by atoms with Gasteiger partial charge in [-0.05, 0) is 47.1 Å². The lowest BCUT2D eigenvalue weighted by Gasteiger charge is -2.45. The summed E-state index contributed by atoms with van der Waals surface area (Å²) in [6.45, 7) is 0.0523. The molecule has 1 N–H and O–H groups in total. The Kier molecular flexibility index (Phi) is 10.5. The van der Waals surface area contributed by atoms with E-state index in [1.165, 1.54) is 0 Å². The van der Waals surface area contributed by atoms with Gasteiger partial charge in [-0.3, -0.25) is 15.0 Å². The molecule has 1 amide bonds. The Morgan fingerprint density at radius 1 is 0.588 bits per heavy atom. The van der Waals surface area contributed by atoms with E-state index < -0.39 is 42.4 Å². The van der Waals surface area contributed by atoms with E-state index in [0.717, 1.165) is 27.8 Å². The van der Waals surface area contributed by atoms with E-state index in [1.54, 1.807) is 4.90 Å². The number of morpholine rings is 2. The highest BCUT2D eigenvalue weighted by molar-refractivity contribution is 5.83. The van der Waals surface area contributed by atoms with Crippen molar-refractivity contribution < 1.29 is 28.6 Å². The lowest BCUT2D eigenvalue weighted by Crippen LogP contribution is -2.54. The molecule has 0 aliphatic carbocycles. The topological polar surface area (TPSA) is 94.2 Å². The van der Waals surface area contributed by atoms with E-state index in [9.17, 15) is 14.4 Å². The molecule has 2 heterocycles. The van der Waals surface area contributed by atoms with E-state index >= 15 is 0 Å². The summed E-state index contributed by atoms with van der Waals surface area (Å²) in [7, 11) is 0. The number of benzene rings is 5. The highest BCUT2D eigenvalue weighted by Gasteiger charge is 2.48. The number of nitrogens with zero attached hydrogens (tertiary/aromatic N) is 1. The molecule has 2 saturated heterocycles. The SMILES string of the molecule is O=C1O[C@H](c2ccccc2)[C@H](c2ccccc2)N[C@H]1CCC[C@@H]1C(=O)O[C@@H](c2ccccc2)[C@@H](c2ccccc2)N1C(=O)OCc1ccccc1. The van der Waals surface area contributed by atoms with Gasteiger partial charge in [0, 0.05) is 0 Å². The Labute approximate surface area is 298 Å². The number of esters is 2. The highest BCUT2D eigenvalue weighted by Crippen LogP contribution is 2.44. The lowest BCUT2D eigenvalue weighted by atomic mass is 9.89. The zero-order chi connectivity index (χ0) is 35.0. The molecule has 0 spiro atoms. The summed E-state index contributed by atoms with van der Waals surface area (Å²) in [6, 6.07) is 45.7. The summed E-state index contributed by atoms with van der Waals surface area (Å²) in [5.41, 5.74) is 4.33. The van der Waals surface area contributed by atoms with Gasteiger partial charge in [0.15, 0.2) is 6.10 Å². The average molecular weight is 681 g/mol. The fraction of sp³-hybridized carbons (Fsp3) is 0.233. The third-order valence-electron chi connectivity index (χ3n) is 9.59. The van der Waals surface area contributed by atoms with Crippen molar-refractivity contribution in [1.29, 1.82) is 0 Å². The summed E-state index contributed by atoms with van der Waals surface area (Å²) in [6.07, 6.45) is -0.781. The van der Waals surface area contributed by atoms with Gasteiger partial charge in [0.2, 0.25) is 0 Å². The number of cyclic esters (lactones) is 2. The van der Waals surface area contributed by atoms with Crippen LogP contribution >= 0.6 is 0 Å². The Bertz CT molecular complexity index is 1890. The number of rotatable bonds is 10. The third kappa shape index (κ3) is 7.71. The van der Waals surface area contributed by atoms with Crippen molar-refractivity contribution in [2.45, 2.75) is 62.2 Å². The molecule has 5 aromatic rings. The second-order valence-electron chi connectivity index (χ2n) is 12.9. The normalized spacial score (nSPS) is 23.2. The molecule has 0 bridgehead atoms. The molecule has 6 atom stereocenters. The van der Waals surface area contributed by atoms with Crippen molar-refractivity contribution >= 4 is 18.0 Å². The molecule has 8 nitrogen and oxygen atoms in total. The Morgan fingerprint density at radius 2 is 1.08 bits per heavy atom. The Balaban J connectivity index is 1.14. The molecule has 5 aromatic carbocycles. The van der Waals surface area contributed by atoms with E-state index in [-0.39, 0.29) is 25.0 Å². The number of ether oxygens (including phenoxy) is 3. The van der Waals surface area contributed by atoms with Crippen molar-refractivity contribution in [3.05, 3.63) is 179 Å². The maximum atomic E-state index is 14.2. The van der Waals surface area contributed by atoms with Crippen LogP contribution in [0, 0.1) is 0 Å². The summed E-state index contributed by atoms with van der Waals surface area (Å²) in [5.74, 6) is -0.870. The predicted octanol–water partition coefficient (Wildman–Crippen LogP) is 8.20. The van der Waals surface area contributed by atoms with Crippen LogP contribution in [0.4, 0.5) is 4.79 Å². The van der Waals surface area contributed by atoms with E-state index in [1.807, 2.05) is 152 Å². The molecular weight excluding hydrogens is 640 g/mol. The van der Waals surface area contributed by atoms with Crippen LogP contribution in [0.15, 0.2) is 152 Å². The van der Waals surface area contributed by atoms with Gasteiger partial charge in [-0.2, -0.15) is 0 Å². The molecular formula is C43H40N2O6. The zero-order valence-corrected chi connectivity index (χ0v) is 28.1. The van der Waals surface area contributed by atoms with E-state index in [2.05, 4.69) is 5.32 Å². The van der Waals surface area contributed by atoms with Crippen molar-refractivity contribution in [2.24, 2.45) is 0 Å². The molecule has 8 heteroatoms. The van der Waals surface area contributed by atoms with E-state index in [0.29, 0.717) is 12.8 Å². The fourth-order valence-electron chi connectivity index (χ4n) is 7.09. The first kappa shape index (κ1) is 33.8. The Hall–Kier alpha value is -5.73. The zero-order valence-electron chi connectivity index (χ0n) is 28.1. The van der Waals surface area contributed by atoms with Crippen LogP contribution in [0.2, 0.25) is 0 Å². The number of amides is 1. The summed E-state index contributed by atoms with van der Waals surface area (Å²) < 4.78 is 18.2. The maximum absolute atomic E-state index is 14.2. The fourth-order valence-corrected chi connectivity index (χ4v) is 7.09. The molecule has 0 unspecified atom stereocenters. The molecule has 258 valence electrons. The highest BCUT2D eigenvalue weighted by atomic mass is 16.6. The quantitative estimate of drug-likeness (QED) is 0.117. The molecule has 51 heavy (non-hydrogen) atoms. The van der Waals surface area contributed by atoms with Crippen LogP contribution in [-0.4, -0.2) is 35.0 Å². The molecule has 2 fully saturated rings. The van der Waals surface area contributed by atoms with Crippen LogP contribution in [0.1, 0.15) is 71.4 Å². The van der Waals surface area contributed by atoms with Crippen molar-refractivity contribution in [1.82, 2.24) is 10.2 Å². The number of hydrogen-bond donors (Lipinski definition) is 1. The summed E-state index contributed by atoms with van der Waals surface area (Å²) in [4.78, 5) is 43.2. The monoisotopic (exact) mass is 680 g/mol. The smallest absolute Gasteiger partial charge is 0.411 e. The number of hydrogen-bond acceptors (Lipinski definition) is 7. The van der Waals surface area contributed by atoms with Gasteiger partial charge >= 0.3 is 18.0 Å². The lowest BCUT2D eigenvalue weighted by molar-refractivity contribution is -0.173. The van der Waals surface area contributed by atoms with Crippen LogP contribution in [-0.2, 0) is 30.4 Å². The minimum atomic E-state index is -0.944. The molecule has 7 rings (SSSR count). The van der Waals surface area contributed by atoms with Gasteiger partial charge < -0.3 is 14.2 Å². The predicted molar refractivity (Wildman–Crippen MR) is 192 cm³/mol.